The maximum Gasteiger partial charge on any atom is 0.233 e. The molecule has 1 aromatic heterocycles. The fourth-order valence-corrected chi connectivity index (χ4v) is 1.35. The van der Waals surface area contributed by atoms with Gasteiger partial charge in [-0.25, -0.2) is 9.97 Å². The molecule has 0 bridgehead atoms. The molecule has 0 saturated carbocycles. The quantitative estimate of drug-likeness (QED) is 0.829. The summed E-state index contributed by atoms with van der Waals surface area (Å²) in [5.41, 5.74) is 0. The van der Waals surface area contributed by atoms with Gasteiger partial charge in [-0.1, -0.05) is 0 Å². The summed E-state index contributed by atoms with van der Waals surface area (Å²) in [6, 6.07) is 0. The van der Waals surface area contributed by atoms with E-state index >= 15 is 0 Å². The Bertz CT molecular complexity index is 296. The summed E-state index contributed by atoms with van der Waals surface area (Å²) in [6.07, 6.45) is 1.41. The van der Waals surface area contributed by atoms with Gasteiger partial charge in [0, 0.05) is 6.54 Å². The van der Waals surface area contributed by atoms with Gasteiger partial charge in [-0.2, -0.15) is 0 Å². The Hall–Kier alpha value is -0.880. The van der Waals surface area contributed by atoms with Crippen molar-refractivity contribution in [3.63, 3.8) is 0 Å². The van der Waals surface area contributed by atoms with E-state index < -0.39 is 0 Å². The zero-order valence-electron chi connectivity index (χ0n) is 7.83. The van der Waals surface area contributed by atoms with Crippen molar-refractivity contribution in [3.8, 4) is 5.88 Å². The molecule has 2 N–H and O–H groups in total. The van der Waals surface area contributed by atoms with Crippen LogP contribution in [0.1, 0.15) is 6.92 Å². The number of aliphatic hydroxyl groups excluding tert-OH is 1. The van der Waals surface area contributed by atoms with Gasteiger partial charge in [0.2, 0.25) is 5.88 Å². The van der Waals surface area contributed by atoms with Crippen LogP contribution >= 0.6 is 15.9 Å². The molecule has 0 saturated heterocycles. The summed E-state index contributed by atoms with van der Waals surface area (Å²) in [4.78, 5) is 7.95. The third-order valence-electron chi connectivity index (χ3n) is 1.43. The van der Waals surface area contributed by atoms with Gasteiger partial charge >= 0.3 is 0 Å². The van der Waals surface area contributed by atoms with Crippen LogP contribution in [-0.4, -0.2) is 34.8 Å². The molecule has 0 spiro atoms. The largest absolute Gasteiger partial charge is 0.474 e. The predicted octanol–water partition coefficient (Wildman–Crippen LogP) is 1.04. The van der Waals surface area contributed by atoms with Crippen LogP contribution in [0.4, 0.5) is 5.82 Å². The topological polar surface area (TPSA) is 67.3 Å². The Morgan fingerprint density at radius 2 is 2.36 bits per heavy atom. The summed E-state index contributed by atoms with van der Waals surface area (Å²) < 4.78 is 5.86. The molecule has 0 atom stereocenters. The molecule has 1 heterocycles. The molecule has 0 aliphatic heterocycles. The molecule has 0 aromatic carbocycles. The number of hydrogen-bond acceptors (Lipinski definition) is 5. The summed E-state index contributed by atoms with van der Waals surface area (Å²) in [6.45, 7) is 2.94. The van der Waals surface area contributed by atoms with Gasteiger partial charge in [0.05, 0.1) is 6.61 Å². The second-order valence-corrected chi connectivity index (χ2v) is 3.24. The van der Waals surface area contributed by atoms with E-state index in [0.29, 0.717) is 16.2 Å². The Morgan fingerprint density at radius 1 is 1.57 bits per heavy atom. The molecule has 0 aliphatic carbocycles. The predicted molar refractivity (Wildman–Crippen MR) is 56.5 cm³/mol. The lowest BCUT2D eigenvalue weighted by molar-refractivity contribution is 0.195. The number of aliphatic hydroxyl groups is 1. The van der Waals surface area contributed by atoms with Gasteiger partial charge in [-0.15, -0.1) is 0 Å². The molecular formula is C8H12BrN3O2. The highest BCUT2D eigenvalue weighted by molar-refractivity contribution is 9.10. The SMILES string of the molecule is CCNc1ncnc(OCCO)c1Br. The molecule has 0 amide bonds. The summed E-state index contributed by atoms with van der Waals surface area (Å²) in [7, 11) is 0. The third-order valence-corrected chi connectivity index (χ3v) is 2.15. The van der Waals surface area contributed by atoms with Crippen LogP contribution < -0.4 is 10.1 Å². The van der Waals surface area contributed by atoms with E-state index in [1.165, 1.54) is 6.33 Å². The normalized spacial score (nSPS) is 9.93. The van der Waals surface area contributed by atoms with Crippen molar-refractivity contribution < 1.29 is 9.84 Å². The first-order chi connectivity index (χ1) is 6.79. The summed E-state index contributed by atoms with van der Waals surface area (Å²) in [5.74, 6) is 1.13. The highest BCUT2D eigenvalue weighted by Crippen LogP contribution is 2.27. The lowest BCUT2D eigenvalue weighted by Gasteiger charge is -2.08. The van der Waals surface area contributed by atoms with Crippen molar-refractivity contribution in [2.45, 2.75) is 6.92 Å². The van der Waals surface area contributed by atoms with Gasteiger partial charge in [0.15, 0.2) is 0 Å². The van der Waals surface area contributed by atoms with Crippen LogP contribution in [0.5, 0.6) is 5.88 Å². The van der Waals surface area contributed by atoms with Crippen LogP contribution in [0.15, 0.2) is 10.8 Å². The average molecular weight is 262 g/mol. The van der Waals surface area contributed by atoms with Gasteiger partial charge in [-0.3, -0.25) is 0 Å². The smallest absolute Gasteiger partial charge is 0.233 e. The van der Waals surface area contributed by atoms with Gasteiger partial charge in [0.1, 0.15) is 23.2 Å². The van der Waals surface area contributed by atoms with E-state index in [0.717, 1.165) is 6.54 Å². The van der Waals surface area contributed by atoms with Crippen molar-refractivity contribution in [3.05, 3.63) is 10.8 Å². The number of nitrogens with zero attached hydrogens (tertiary/aromatic N) is 2. The maximum atomic E-state index is 8.59. The van der Waals surface area contributed by atoms with E-state index in [1.54, 1.807) is 0 Å². The molecule has 6 heteroatoms. The first-order valence-corrected chi connectivity index (χ1v) is 5.07. The second kappa shape index (κ2) is 5.77. The molecule has 0 aliphatic rings. The van der Waals surface area contributed by atoms with Gasteiger partial charge in [-0.05, 0) is 22.9 Å². The third kappa shape index (κ3) is 2.81. The molecule has 1 rings (SSSR count). The van der Waals surface area contributed by atoms with Crippen LogP contribution in [0.3, 0.4) is 0 Å². The minimum Gasteiger partial charge on any atom is -0.474 e. The molecule has 14 heavy (non-hydrogen) atoms. The number of ether oxygens (including phenoxy) is 1. The average Bonchev–Trinajstić information content (AvgIpc) is 2.20. The minimum atomic E-state index is -0.0347. The van der Waals surface area contributed by atoms with Crippen LogP contribution in [-0.2, 0) is 0 Å². The molecule has 0 unspecified atom stereocenters. The number of hydrogen-bond donors (Lipinski definition) is 2. The van der Waals surface area contributed by atoms with E-state index in [4.69, 9.17) is 9.84 Å². The van der Waals surface area contributed by atoms with Crippen molar-refractivity contribution in [1.29, 1.82) is 0 Å². The number of anilines is 1. The van der Waals surface area contributed by atoms with Crippen LogP contribution in [0.25, 0.3) is 0 Å². The first kappa shape index (κ1) is 11.2. The van der Waals surface area contributed by atoms with Crippen LogP contribution in [0.2, 0.25) is 0 Å². The zero-order chi connectivity index (χ0) is 10.4. The van der Waals surface area contributed by atoms with Crippen molar-refractivity contribution in [2.24, 2.45) is 0 Å². The van der Waals surface area contributed by atoms with E-state index in [2.05, 4.69) is 31.2 Å². The van der Waals surface area contributed by atoms with Gasteiger partial charge < -0.3 is 15.2 Å². The molecule has 5 nitrogen and oxygen atoms in total. The van der Waals surface area contributed by atoms with E-state index in [1.807, 2.05) is 6.92 Å². The van der Waals surface area contributed by atoms with E-state index in [-0.39, 0.29) is 13.2 Å². The van der Waals surface area contributed by atoms with Crippen molar-refractivity contribution in [2.75, 3.05) is 25.1 Å². The van der Waals surface area contributed by atoms with E-state index in [9.17, 15) is 0 Å². The standard InChI is InChI=1S/C8H12BrN3O2/c1-2-10-7-6(9)8(12-5-11-7)14-4-3-13/h5,13H,2-4H2,1H3,(H,10,11,12). The monoisotopic (exact) mass is 261 g/mol. The van der Waals surface area contributed by atoms with Crippen molar-refractivity contribution >= 4 is 21.7 Å². The summed E-state index contributed by atoms with van der Waals surface area (Å²) >= 11 is 3.32. The number of aromatic nitrogens is 2. The molecular weight excluding hydrogens is 250 g/mol. The molecule has 0 fully saturated rings. The van der Waals surface area contributed by atoms with Gasteiger partial charge in [0.25, 0.3) is 0 Å². The fourth-order valence-electron chi connectivity index (χ4n) is 0.887. The Morgan fingerprint density at radius 3 is 3.00 bits per heavy atom. The summed E-state index contributed by atoms with van der Waals surface area (Å²) in [5, 5.41) is 11.6. The Kier molecular flexibility index (Phi) is 4.61. The minimum absolute atomic E-state index is 0.0347. The zero-order valence-corrected chi connectivity index (χ0v) is 9.41. The maximum absolute atomic E-state index is 8.59. The Balaban J connectivity index is 2.78. The first-order valence-electron chi connectivity index (χ1n) is 4.27. The van der Waals surface area contributed by atoms with Crippen LogP contribution in [0, 0.1) is 0 Å². The second-order valence-electron chi connectivity index (χ2n) is 2.44. The Labute approximate surface area is 90.7 Å². The molecule has 1 aromatic rings. The highest BCUT2D eigenvalue weighted by atomic mass is 79.9. The van der Waals surface area contributed by atoms with Crippen molar-refractivity contribution in [1.82, 2.24) is 9.97 Å². The fraction of sp³-hybridized carbons (Fsp3) is 0.500. The number of halogens is 1. The lowest BCUT2D eigenvalue weighted by Crippen LogP contribution is -2.06. The molecule has 78 valence electrons. The number of rotatable bonds is 5. The molecule has 0 radical (unpaired) electrons. The number of nitrogens with one attached hydrogen (secondary N) is 1. The lowest BCUT2D eigenvalue weighted by atomic mass is 10.5. The highest BCUT2D eigenvalue weighted by Gasteiger charge is 2.08.